The molecule has 1 aromatic heterocycles. The maximum atomic E-state index is 14.4. The van der Waals surface area contributed by atoms with E-state index >= 15 is 0 Å². The second-order valence-electron chi connectivity index (χ2n) is 19.6. The summed E-state index contributed by atoms with van der Waals surface area (Å²) in [5, 5.41) is 21.9. The number of primary amides is 1. The van der Waals surface area contributed by atoms with Gasteiger partial charge >= 0.3 is 12.1 Å². The van der Waals surface area contributed by atoms with E-state index < -0.39 is 41.9 Å². The zero-order chi connectivity index (χ0) is 55.9. The molecule has 0 radical (unpaired) electrons. The van der Waals surface area contributed by atoms with Gasteiger partial charge in [-0.15, -0.1) is 11.6 Å². The summed E-state index contributed by atoms with van der Waals surface area (Å²) in [6.07, 6.45) is 0.144. The number of likely N-dealkylation sites (N-methyl/N-ethyl adjacent to an activating group) is 1. The summed E-state index contributed by atoms with van der Waals surface area (Å²) in [5.41, 5.74) is 8.84. The molecule has 78 heavy (non-hydrogen) atoms. The van der Waals surface area contributed by atoms with Crippen molar-refractivity contribution in [2.45, 2.75) is 58.0 Å². The molecule has 416 valence electrons. The molecule has 10 N–H and O–H groups in total. The Bertz CT molecular complexity index is 2980. The van der Waals surface area contributed by atoms with Gasteiger partial charge in [-0.2, -0.15) is 0 Å². The molecule has 5 aromatic rings. The molecule has 22 nitrogen and oxygen atoms in total. The van der Waals surface area contributed by atoms with Crippen LogP contribution in [-0.4, -0.2) is 159 Å². The fourth-order valence-electron chi connectivity index (χ4n) is 9.34. The number of rotatable bonds is 24. The number of nitrogens with one attached hydrogen (secondary N) is 8. The third kappa shape index (κ3) is 15.5. The van der Waals surface area contributed by atoms with Crippen molar-refractivity contribution in [2.75, 3.05) is 101 Å². The highest BCUT2D eigenvalue weighted by molar-refractivity contribution is 6.19. The average Bonchev–Trinajstić information content (AvgIpc) is 4.13. The van der Waals surface area contributed by atoms with Gasteiger partial charge in [-0.1, -0.05) is 38.1 Å². The Morgan fingerprint density at radius 1 is 0.795 bits per heavy atom. The highest BCUT2D eigenvalue weighted by atomic mass is 35.5. The summed E-state index contributed by atoms with van der Waals surface area (Å²) >= 11 is 6.56. The molecule has 0 aliphatic carbocycles. The van der Waals surface area contributed by atoms with E-state index in [4.69, 9.17) is 26.8 Å². The number of fused-ring (bicyclic) bond motifs is 4. The standard InChI is InChI=1S/C55H69ClN12O10/c1-33(2)49(60-20-19-59-47(70)17-26-77-27-21-58-34(3)69)52(73)65-43(10-7-18-61-54(57)75)51(72)62-38-13-11-35(12-14-38)50(71)63-39-15-16-42-36(28-39)29-44(64-42)53(74)68-32-37(31-56)48-41-9-6-5-8-40(41)46(30-45(48)68)78-55(76)67-24-22-66(4)23-25-67/h5-6,8-9,11-16,28-30,33,37,43,49,60,64H,7,10,17-27,31-32H2,1-4H3,(H,58,69)(H,59,70)(H,62,72)(H,63,71)(H,65,73)(H3,57,61,75)/t37-,43+,49+/m1/s1. The van der Waals surface area contributed by atoms with Gasteiger partial charge in [0.15, 0.2) is 0 Å². The second-order valence-corrected chi connectivity index (χ2v) is 20.0. The predicted octanol–water partition coefficient (Wildman–Crippen LogP) is 4.45. The highest BCUT2D eigenvalue weighted by Crippen LogP contribution is 2.46. The molecule has 7 rings (SSSR count). The number of nitrogens with two attached hydrogens (primary N) is 1. The lowest BCUT2D eigenvalue weighted by Crippen LogP contribution is -2.54. The van der Waals surface area contributed by atoms with E-state index in [9.17, 15) is 38.4 Å². The number of aromatic nitrogens is 1. The van der Waals surface area contributed by atoms with Crippen molar-refractivity contribution in [1.29, 1.82) is 0 Å². The SMILES string of the molecule is CC(=O)NCCOCCC(=O)NCCN[C@H](C(=O)N[C@@H](CCCNC(N)=O)C(=O)Nc1ccc(C(=O)Nc2ccc3[nH]c(C(=O)N4C[C@@H](CCl)c5c4cc(OC(=O)N4CCN(C)CC4)c4ccccc54)cc3c2)cc1)C(C)C. The fourth-order valence-corrected chi connectivity index (χ4v) is 9.59. The van der Waals surface area contributed by atoms with E-state index in [0.717, 1.165) is 29.4 Å². The lowest BCUT2D eigenvalue weighted by atomic mass is 9.95. The first-order valence-electron chi connectivity index (χ1n) is 26.1. The Hall–Kier alpha value is -7.79. The number of carbonyl (C=O) groups excluding carboxylic acids is 8. The molecular weight excluding hydrogens is 1020 g/mol. The summed E-state index contributed by atoms with van der Waals surface area (Å²) in [5.74, 6) is -1.86. The van der Waals surface area contributed by atoms with Crippen LogP contribution in [0, 0.1) is 5.92 Å². The number of hydrogen-bond acceptors (Lipinski definition) is 12. The molecule has 3 atom stereocenters. The summed E-state index contributed by atoms with van der Waals surface area (Å²) in [6, 6.07) is 20.1. The van der Waals surface area contributed by atoms with Crippen LogP contribution in [0.1, 0.15) is 72.4 Å². The molecule has 2 aliphatic rings. The largest absolute Gasteiger partial charge is 0.415 e. The molecule has 0 saturated carbocycles. The molecular formula is C55H69ClN12O10. The average molecular weight is 1090 g/mol. The van der Waals surface area contributed by atoms with Crippen LogP contribution in [0.15, 0.2) is 78.9 Å². The van der Waals surface area contributed by atoms with Gasteiger partial charge < -0.3 is 72.1 Å². The van der Waals surface area contributed by atoms with Gasteiger partial charge in [-0.3, -0.25) is 28.8 Å². The number of ether oxygens (including phenoxy) is 2. The van der Waals surface area contributed by atoms with E-state index in [1.807, 2.05) is 45.2 Å². The normalized spacial score (nSPS) is 15.1. The smallest absolute Gasteiger partial charge is 0.409 e. The number of benzene rings is 4. The number of amides is 9. The van der Waals surface area contributed by atoms with Gasteiger partial charge in [0, 0.05) is 123 Å². The first-order valence-corrected chi connectivity index (χ1v) is 26.6. The van der Waals surface area contributed by atoms with Crippen LogP contribution in [-0.2, 0) is 23.9 Å². The molecule has 1 saturated heterocycles. The summed E-state index contributed by atoms with van der Waals surface area (Å²) < 4.78 is 11.4. The quantitative estimate of drug-likeness (QED) is 0.0306. The number of urea groups is 1. The number of halogens is 1. The van der Waals surface area contributed by atoms with Crippen molar-refractivity contribution in [3.8, 4) is 5.75 Å². The Morgan fingerprint density at radius 2 is 1.53 bits per heavy atom. The number of H-pyrrole nitrogens is 1. The second kappa shape index (κ2) is 27.5. The molecule has 0 bridgehead atoms. The van der Waals surface area contributed by atoms with Gasteiger partial charge in [0.1, 0.15) is 17.5 Å². The number of piperazine rings is 1. The Labute approximate surface area is 457 Å². The fraction of sp³-hybridized carbons (Fsp3) is 0.418. The van der Waals surface area contributed by atoms with E-state index in [-0.39, 0.29) is 86.7 Å². The minimum atomic E-state index is -1.02. The van der Waals surface area contributed by atoms with E-state index in [0.29, 0.717) is 72.0 Å². The van der Waals surface area contributed by atoms with Crippen molar-refractivity contribution < 1.29 is 47.8 Å². The van der Waals surface area contributed by atoms with Crippen molar-refractivity contribution in [3.05, 3.63) is 95.7 Å². The van der Waals surface area contributed by atoms with Crippen LogP contribution >= 0.6 is 11.6 Å². The molecule has 0 unspecified atom stereocenters. The Kier molecular flexibility index (Phi) is 20.4. The van der Waals surface area contributed by atoms with Crippen LogP contribution < -0.4 is 52.6 Å². The maximum absolute atomic E-state index is 14.4. The van der Waals surface area contributed by atoms with Crippen molar-refractivity contribution in [1.82, 2.24) is 41.4 Å². The molecule has 4 aromatic carbocycles. The first-order chi connectivity index (χ1) is 37.5. The number of hydrogen-bond donors (Lipinski definition) is 9. The van der Waals surface area contributed by atoms with Gasteiger partial charge in [0.25, 0.3) is 11.8 Å². The summed E-state index contributed by atoms with van der Waals surface area (Å²) in [7, 11) is 2.01. The highest BCUT2D eigenvalue weighted by Gasteiger charge is 2.36. The predicted molar refractivity (Wildman–Crippen MR) is 298 cm³/mol. The molecule has 0 spiro atoms. The number of nitrogens with zero attached hydrogens (tertiary/aromatic N) is 3. The minimum Gasteiger partial charge on any atom is -0.409 e. The van der Waals surface area contributed by atoms with Gasteiger partial charge in [-0.05, 0) is 85.3 Å². The van der Waals surface area contributed by atoms with Crippen molar-refractivity contribution in [3.63, 3.8) is 0 Å². The van der Waals surface area contributed by atoms with Crippen LogP contribution in [0.5, 0.6) is 5.75 Å². The lowest BCUT2D eigenvalue weighted by molar-refractivity contribution is -0.128. The first kappa shape index (κ1) is 57.9. The zero-order valence-electron chi connectivity index (χ0n) is 44.3. The number of aromatic amines is 1. The van der Waals surface area contributed by atoms with Gasteiger partial charge in [-0.25, -0.2) is 9.59 Å². The zero-order valence-corrected chi connectivity index (χ0v) is 45.1. The van der Waals surface area contributed by atoms with Crippen LogP contribution in [0.4, 0.5) is 26.7 Å². The number of carbonyl (C=O) groups is 8. The van der Waals surface area contributed by atoms with Crippen molar-refractivity contribution in [2.24, 2.45) is 11.7 Å². The van der Waals surface area contributed by atoms with Crippen LogP contribution in [0.3, 0.4) is 0 Å². The third-order valence-electron chi connectivity index (χ3n) is 13.5. The maximum Gasteiger partial charge on any atom is 0.415 e. The van der Waals surface area contributed by atoms with Gasteiger partial charge in [0.05, 0.1) is 24.9 Å². The topological polar surface area (TPSA) is 291 Å². The molecule has 9 amide bonds. The summed E-state index contributed by atoms with van der Waals surface area (Å²) in [4.78, 5) is 112. The number of alkyl halides is 1. The van der Waals surface area contributed by atoms with E-state index in [1.165, 1.54) is 6.92 Å². The van der Waals surface area contributed by atoms with Gasteiger partial charge in [0.2, 0.25) is 23.6 Å². The number of anilines is 3. The van der Waals surface area contributed by atoms with E-state index in [2.05, 4.69) is 47.1 Å². The minimum absolute atomic E-state index is 0.124. The third-order valence-corrected chi connectivity index (χ3v) is 13.9. The van der Waals surface area contributed by atoms with Crippen molar-refractivity contribution >= 4 is 97.9 Å². The van der Waals surface area contributed by atoms with Crippen LogP contribution in [0.2, 0.25) is 0 Å². The summed E-state index contributed by atoms with van der Waals surface area (Å²) in [6.45, 7) is 9.45. The Morgan fingerprint density at radius 3 is 2.23 bits per heavy atom. The molecule has 1 fully saturated rings. The molecule has 3 heterocycles. The Balaban J connectivity index is 0.956. The van der Waals surface area contributed by atoms with E-state index in [1.54, 1.807) is 64.4 Å². The molecule has 2 aliphatic heterocycles. The molecule has 23 heteroatoms. The monoisotopic (exact) mass is 1090 g/mol. The van der Waals surface area contributed by atoms with Crippen LogP contribution in [0.25, 0.3) is 21.7 Å². The lowest BCUT2D eigenvalue weighted by Gasteiger charge is -2.31.